The van der Waals surface area contributed by atoms with Gasteiger partial charge in [-0.05, 0) is 22.1 Å². The first-order valence-corrected chi connectivity index (χ1v) is 7.93. The van der Waals surface area contributed by atoms with Crippen molar-refractivity contribution in [1.29, 1.82) is 0 Å². The van der Waals surface area contributed by atoms with Gasteiger partial charge >= 0.3 is 59.1 Å². The van der Waals surface area contributed by atoms with Gasteiger partial charge in [0.2, 0.25) is 0 Å². The van der Waals surface area contributed by atoms with Gasteiger partial charge in [-0.2, -0.15) is 0 Å². The van der Waals surface area contributed by atoms with Crippen molar-refractivity contribution in [3.63, 3.8) is 0 Å². The maximum atomic E-state index is 10.6. The Morgan fingerprint density at radius 2 is 1.67 bits per heavy atom. The topological polar surface area (TPSA) is 151 Å². The molecule has 0 spiro atoms. The Morgan fingerprint density at radius 3 is 1.94 bits per heavy atom. The second-order valence-corrected chi connectivity index (χ2v) is 7.35. The molecule has 18 heavy (non-hydrogen) atoms. The van der Waals surface area contributed by atoms with Gasteiger partial charge in [0.05, 0.1) is 11.2 Å². The van der Waals surface area contributed by atoms with Crippen LogP contribution in [0.25, 0.3) is 0 Å². The Labute approximate surface area is 152 Å². The zero-order valence-corrected chi connectivity index (χ0v) is 16.5. The van der Waals surface area contributed by atoms with Gasteiger partial charge in [-0.3, -0.25) is 0 Å². The van der Waals surface area contributed by atoms with E-state index in [1.54, 1.807) is 6.92 Å². The number of thiazole rings is 1. The van der Waals surface area contributed by atoms with Crippen molar-refractivity contribution in [1.82, 2.24) is 4.98 Å². The van der Waals surface area contributed by atoms with Crippen molar-refractivity contribution in [2.45, 2.75) is 12.4 Å². The summed E-state index contributed by atoms with van der Waals surface area (Å²) < 4.78 is 21.2. The van der Waals surface area contributed by atoms with Gasteiger partial charge in [-0.1, -0.05) is 0 Å². The van der Waals surface area contributed by atoms with Crippen molar-refractivity contribution in [2.24, 2.45) is 0 Å². The fraction of sp³-hybridized carbons (Fsp3) is 0.400. The molecule has 0 atom stereocenters. The van der Waals surface area contributed by atoms with E-state index in [0.29, 0.717) is 5.69 Å². The Hall–Kier alpha value is 1.73. The normalized spacial score (nSPS) is 11.7. The molecule has 0 unspecified atom stereocenters. The monoisotopic (exact) mass is 330 g/mol. The molecule has 0 fully saturated rings. The van der Waals surface area contributed by atoms with Gasteiger partial charge in [0.25, 0.3) is 0 Å². The molecule has 1 rings (SSSR count). The predicted octanol–water partition coefficient (Wildman–Crippen LogP) is -8.02. The molecule has 0 saturated carbocycles. The van der Waals surface area contributed by atoms with Crippen LogP contribution < -0.4 is 84.0 Å². The van der Waals surface area contributed by atoms with Gasteiger partial charge in [-0.15, -0.1) is 11.3 Å². The van der Waals surface area contributed by atoms with E-state index in [1.165, 1.54) is 5.38 Å². The molecule has 0 aliphatic rings. The number of aromatic nitrogens is 1. The summed E-state index contributed by atoms with van der Waals surface area (Å²) in [7, 11) is -11.2. The molecular formula is C5H6N2Na2O6P2S-2. The molecule has 0 aliphatic heterocycles. The average molecular weight is 330 g/mol. The summed E-state index contributed by atoms with van der Waals surface area (Å²) >= 11 is 0.890. The second kappa shape index (κ2) is 8.24. The summed E-state index contributed by atoms with van der Waals surface area (Å²) in [6, 6.07) is 0. The molecule has 1 heterocycles. The van der Waals surface area contributed by atoms with Crippen LogP contribution in [0.1, 0.15) is 5.69 Å². The molecule has 92 valence electrons. The zero-order valence-electron chi connectivity index (χ0n) is 9.85. The van der Waals surface area contributed by atoms with E-state index in [0.717, 1.165) is 11.3 Å². The van der Waals surface area contributed by atoms with E-state index in [1.807, 2.05) is 5.32 Å². The van der Waals surface area contributed by atoms with Crippen molar-refractivity contribution < 1.29 is 87.8 Å². The van der Waals surface area contributed by atoms with Crippen LogP contribution in [0.15, 0.2) is 5.38 Å². The number of aryl methyl sites for hydroxylation is 1. The maximum absolute atomic E-state index is 10.6. The minimum atomic E-state index is -5.59. The molecule has 0 amide bonds. The van der Waals surface area contributed by atoms with Crippen LogP contribution in [0.3, 0.4) is 0 Å². The third-order valence-corrected chi connectivity index (χ3v) is 5.52. The van der Waals surface area contributed by atoms with Crippen molar-refractivity contribution in [3.05, 3.63) is 11.1 Å². The van der Waals surface area contributed by atoms with Crippen LogP contribution in [0.4, 0.5) is 5.13 Å². The molecule has 1 aromatic rings. The van der Waals surface area contributed by atoms with E-state index >= 15 is 0 Å². The van der Waals surface area contributed by atoms with Crippen molar-refractivity contribution >= 4 is 31.7 Å². The molecule has 0 saturated heterocycles. The van der Waals surface area contributed by atoms with E-state index in [9.17, 15) is 28.7 Å². The number of hydrogen-bond donors (Lipinski definition) is 1. The summed E-state index contributed by atoms with van der Waals surface area (Å²) in [5, 5.41) is 3.20. The molecule has 13 heteroatoms. The van der Waals surface area contributed by atoms with Gasteiger partial charge in [0.1, 0.15) is 0 Å². The van der Waals surface area contributed by atoms with Crippen LogP contribution in [-0.4, -0.2) is 10.5 Å². The smallest absolute Gasteiger partial charge is 0.809 e. The number of rotatable bonds is 4. The molecule has 0 radical (unpaired) electrons. The Bertz CT molecular complexity index is 450. The van der Waals surface area contributed by atoms with Crippen molar-refractivity contribution in [2.75, 3.05) is 5.32 Å². The zero-order chi connectivity index (χ0) is 12.6. The molecule has 0 aromatic carbocycles. The first kappa shape index (κ1) is 22.0. The van der Waals surface area contributed by atoms with Crippen molar-refractivity contribution in [3.8, 4) is 0 Å². The summed E-state index contributed by atoms with van der Waals surface area (Å²) in [6.07, 6.45) is 0. The number of anilines is 1. The predicted molar refractivity (Wildman–Crippen MR) is 49.5 cm³/mol. The van der Waals surface area contributed by atoms with Crippen LogP contribution in [0.5, 0.6) is 0 Å². The van der Waals surface area contributed by atoms with Crippen LogP contribution in [0.2, 0.25) is 0 Å². The molecule has 8 nitrogen and oxygen atoms in total. The van der Waals surface area contributed by atoms with E-state index < -0.39 is 20.7 Å². The maximum Gasteiger partial charge on any atom is 1.00 e. The third-order valence-electron chi connectivity index (χ3n) is 1.47. The minimum Gasteiger partial charge on any atom is -0.809 e. The van der Waals surface area contributed by atoms with Gasteiger partial charge in [-0.25, -0.2) is 4.98 Å². The summed E-state index contributed by atoms with van der Waals surface area (Å²) in [5.41, 5.74) is -2.20. The van der Waals surface area contributed by atoms with E-state index in [2.05, 4.69) is 4.98 Å². The largest absolute Gasteiger partial charge is 1.00 e. The van der Waals surface area contributed by atoms with Crippen LogP contribution in [-0.2, 0) is 9.13 Å². The minimum absolute atomic E-state index is 0. The second-order valence-electron chi connectivity index (χ2n) is 2.89. The Balaban J connectivity index is 0. The Morgan fingerprint density at radius 1 is 1.22 bits per heavy atom. The fourth-order valence-electron chi connectivity index (χ4n) is 0.862. The molecule has 0 bridgehead atoms. The molecular weight excluding hydrogens is 324 g/mol. The first-order chi connectivity index (χ1) is 7.10. The SMILES string of the molecule is Cc1csc(NC(P(=O)([O-])[O-])P(=O)([O-])[O-])n1.[Na+].[Na+]. The molecule has 1 N–H and O–H groups in total. The summed E-state index contributed by atoms with van der Waals surface area (Å²) in [4.78, 5) is 46.1. The summed E-state index contributed by atoms with van der Waals surface area (Å²) in [6.45, 7) is 1.58. The van der Waals surface area contributed by atoms with E-state index in [4.69, 9.17) is 0 Å². The van der Waals surface area contributed by atoms with E-state index in [-0.39, 0.29) is 64.2 Å². The van der Waals surface area contributed by atoms with Gasteiger partial charge in [0.15, 0.2) is 5.13 Å². The van der Waals surface area contributed by atoms with Gasteiger partial charge < -0.3 is 34.0 Å². The third kappa shape index (κ3) is 6.95. The average Bonchev–Trinajstić information content (AvgIpc) is 2.43. The standard InChI is InChI=1S/C5H10N2O6P2S.2Na/c1-3-2-16-4(6-3)7-5(14(8,9)10)15(11,12)13;;/h2,5H,1H3,(H,6,7)(H2,8,9,10)(H2,11,12,13);;/q;2*+1/p-4. The Kier molecular flexibility index (Phi) is 10.1. The molecule has 0 aliphatic carbocycles. The summed E-state index contributed by atoms with van der Waals surface area (Å²) in [5.74, 6) is 0. The number of nitrogens with one attached hydrogen (secondary N) is 1. The molecule has 1 aromatic heterocycles. The number of nitrogens with zero attached hydrogens (tertiary/aromatic N) is 1. The fourth-order valence-corrected chi connectivity index (χ4v) is 3.70. The van der Waals surface area contributed by atoms with Crippen LogP contribution >= 0.6 is 26.5 Å². The first-order valence-electron chi connectivity index (χ1n) is 3.83. The van der Waals surface area contributed by atoms with Gasteiger partial charge in [0, 0.05) is 5.38 Å². The quantitative estimate of drug-likeness (QED) is 0.422. The van der Waals surface area contributed by atoms with Crippen LogP contribution in [0, 0.1) is 6.92 Å². The number of hydrogen-bond acceptors (Lipinski definition) is 9.